The van der Waals surface area contributed by atoms with Gasteiger partial charge in [-0.2, -0.15) is 0 Å². The van der Waals surface area contributed by atoms with Crippen LogP contribution in [-0.4, -0.2) is 56.7 Å². The Labute approximate surface area is 127 Å². The summed E-state index contributed by atoms with van der Waals surface area (Å²) in [6.07, 6.45) is 3.56. The second-order valence-corrected chi connectivity index (χ2v) is 8.64. The summed E-state index contributed by atoms with van der Waals surface area (Å²) < 4.78 is 32.7. The van der Waals surface area contributed by atoms with Gasteiger partial charge in [0, 0.05) is 19.1 Å². The average molecular weight is 338 g/mol. The maximum atomic E-state index is 12.0. The smallest absolute Gasteiger partial charge is 0.251 e. The molecule has 112 valence electrons. The zero-order valence-corrected chi connectivity index (χ0v) is 13.2. The first-order chi connectivity index (χ1) is 9.54. The molecule has 20 heavy (non-hydrogen) atoms. The summed E-state index contributed by atoms with van der Waals surface area (Å²) in [5.74, 6) is 0. The zero-order valence-electron chi connectivity index (χ0n) is 10.8. The van der Waals surface area contributed by atoms with Gasteiger partial charge in [-0.05, 0) is 19.4 Å². The molecule has 2 saturated heterocycles. The number of aromatic nitrogens is 1. The van der Waals surface area contributed by atoms with Crippen molar-refractivity contribution in [3.8, 4) is 0 Å². The van der Waals surface area contributed by atoms with Crippen LogP contribution in [0.25, 0.3) is 0 Å². The van der Waals surface area contributed by atoms with Crippen LogP contribution in [0.2, 0.25) is 4.47 Å². The van der Waals surface area contributed by atoms with Crippen LogP contribution in [0.5, 0.6) is 0 Å². The molecule has 0 aromatic carbocycles. The lowest BCUT2D eigenvalue weighted by Gasteiger charge is -2.35. The molecule has 1 N–H and O–H groups in total. The van der Waals surface area contributed by atoms with E-state index in [-0.39, 0.29) is 21.3 Å². The quantitative estimate of drug-likeness (QED) is 0.885. The number of rotatable bonds is 4. The lowest BCUT2D eigenvalue weighted by atomic mass is 10.2. The Morgan fingerprint density at radius 1 is 1.60 bits per heavy atom. The van der Waals surface area contributed by atoms with Crippen molar-refractivity contribution in [2.45, 2.75) is 29.2 Å². The minimum atomic E-state index is -3.54. The molecule has 1 aromatic rings. The second kappa shape index (κ2) is 5.86. The van der Waals surface area contributed by atoms with Gasteiger partial charge in [0.2, 0.25) is 0 Å². The lowest BCUT2D eigenvalue weighted by Crippen LogP contribution is -2.49. The molecule has 0 saturated carbocycles. The summed E-state index contributed by atoms with van der Waals surface area (Å²) in [5, 5.41) is 0. The van der Waals surface area contributed by atoms with Crippen molar-refractivity contribution in [1.29, 1.82) is 0 Å². The Morgan fingerprint density at radius 2 is 2.45 bits per heavy atom. The highest BCUT2D eigenvalue weighted by molar-refractivity contribution is 7.91. The average Bonchev–Trinajstić information content (AvgIpc) is 3.04. The fraction of sp³-hybridized carbons (Fsp3) is 0.727. The van der Waals surface area contributed by atoms with Gasteiger partial charge in [0.05, 0.1) is 18.9 Å². The summed E-state index contributed by atoms with van der Waals surface area (Å²) in [4.78, 5) is 6.13. The van der Waals surface area contributed by atoms with Gasteiger partial charge in [0.15, 0.2) is 8.68 Å². The molecule has 0 amide bonds. The molecule has 2 fully saturated rings. The number of sulfonamides is 1. The van der Waals surface area contributed by atoms with Gasteiger partial charge >= 0.3 is 0 Å². The van der Waals surface area contributed by atoms with Gasteiger partial charge in [0.1, 0.15) is 0 Å². The van der Waals surface area contributed by atoms with Crippen molar-refractivity contribution >= 4 is 33.0 Å². The van der Waals surface area contributed by atoms with E-state index in [0.29, 0.717) is 12.6 Å². The van der Waals surface area contributed by atoms with Crippen LogP contribution in [0, 0.1) is 0 Å². The highest BCUT2D eigenvalue weighted by Crippen LogP contribution is 2.24. The third-order valence-corrected chi connectivity index (χ3v) is 6.68. The van der Waals surface area contributed by atoms with E-state index in [2.05, 4.69) is 14.6 Å². The normalized spacial score (nSPS) is 27.6. The van der Waals surface area contributed by atoms with Crippen molar-refractivity contribution in [2.24, 2.45) is 0 Å². The zero-order chi connectivity index (χ0) is 14.2. The van der Waals surface area contributed by atoms with Crippen molar-refractivity contribution in [1.82, 2.24) is 14.6 Å². The second-order valence-electron chi connectivity index (χ2n) is 5.03. The highest BCUT2D eigenvalue weighted by atomic mass is 35.5. The number of fused-ring (bicyclic) bond motifs is 1. The number of morpholine rings is 1. The third kappa shape index (κ3) is 3.15. The Bertz CT molecular complexity index is 577. The van der Waals surface area contributed by atoms with Crippen LogP contribution in [0.15, 0.2) is 10.4 Å². The summed E-state index contributed by atoms with van der Waals surface area (Å²) >= 11 is 6.61. The van der Waals surface area contributed by atoms with Crippen molar-refractivity contribution < 1.29 is 13.2 Å². The Morgan fingerprint density at radius 3 is 3.20 bits per heavy atom. The molecule has 2 unspecified atom stereocenters. The fourth-order valence-corrected chi connectivity index (χ4v) is 5.05. The molecular formula is C11H16ClN3O3S2. The van der Waals surface area contributed by atoms with E-state index in [1.165, 1.54) is 19.0 Å². The fourth-order valence-electron chi connectivity index (χ4n) is 2.65. The predicted octanol–water partition coefficient (Wildman–Crippen LogP) is 0.938. The topological polar surface area (TPSA) is 71.5 Å². The predicted molar refractivity (Wildman–Crippen MR) is 76.6 cm³/mol. The molecule has 0 aliphatic carbocycles. The molecule has 6 nitrogen and oxygen atoms in total. The summed E-state index contributed by atoms with van der Waals surface area (Å²) in [6.45, 7) is 2.85. The number of thiazole rings is 1. The molecule has 0 radical (unpaired) electrons. The van der Waals surface area contributed by atoms with Gasteiger partial charge in [-0.25, -0.2) is 18.1 Å². The number of hydrogen-bond acceptors (Lipinski definition) is 6. The van der Waals surface area contributed by atoms with Crippen LogP contribution in [-0.2, 0) is 14.8 Å². The molecule has 3 heterocycles. The Hall–Kier alpha value is -0.250. The van der Waals surface area contributed by atoms with Crippen molar-refractivity contribution in [2.75, 3.05) is 26.2 Å². The molecule has 2 atom stereocenters. The van der Waals surface area contributed by atoms with E-state index in [1.807, 2.05) is 0 Å². The molecule has 9 heteroatoms. The highest BCUT2D eigenvalue weighted by Gasteiger charge is 2.32. The maximum Gasteiger partial charge on any atom is 0.251 e. The summed E-state index contributed by atoms with van der Waals surface area (Å²) in [7, 11) is -3.54. The van der Waals surface area contributed by atoms with Crippen LogP contribution < -0.4 is 4.72 Å². The molecule has 0 spiro atoms. The largest absolute Gasteiger partial charge is 0.374 e. The molecule has 2 aliphatic heterocycles. The number of ether oxygens (including phenoxy) is 1. The van der Waals surface area contributed by atoms with Gasteiger partial charge in [0.25, 0.3) is 10.0 Å². The molecule has 0 bridgehead atoms. The number of halogens is 1. The number of hydrogen-bond donors (Lipinski definition) is 1. The van der Waals surface area contributed by atoms with E-state index in [1.54, 1.807) is 0 Å². The van der Waals surface area contributed by atoms with Crippen LogP contribution in [0.1, 0.15) is 12.8 Å². The first-order valence-electron chi connectivity index (χ1n) is 6.51. The number of nitrogens with zero attached hydrogens (tertiary/aromatic N) is 2. The van der Waals surface area contributed by atoms with Gasteiger partial charge in [-0.15, -0.1) is 0 Å². The first kappa shape index (κ1) is 14.7. The standard InChI is InChI=1S/C11H16ClN3O3S2/c12-11-13-5-10(19-11)20(16,17)14-4-9-6-15-3-1-2-8(15)7-18-9/h5,8-9,14H,1-4,6-7H2. The summed E-state index contributed by atoms with van der Waals surface area (Å²) in [5.41, 5.74) is 0. The minimum absolute atomic E-state index is 0.0949. The SMILES string of the molecule is O=S(=O)(NCC1CN2CCCC2CO1)c1cnc(Cl)s1. The maximum absolute atomic E-state index is 12.0. The van der Waals surface area contributed by atoms with Crippen LogP contribution >= 0.6 is 22.9 Å². The third-order valence-electron chi connectivity index (χ3n) is 3.68. The Kier molecular flexibility index (Phi) is 4.30. The summed E-state index contributed by atoms with van der Waals surface area (Å²) in [6, 6.07) is 0.517. The van der Waals surface area contributed by atoms with Gasteiger partial charge in [-0.3, -0.25) is 4.90 Å². The van der Waals surface area contributed by atoms with E-state index in [4.69, 9.17) is 16.3 Å². The van der Waals surface area contributed by atoms with Crippen LogP contribution in [0.3, 0.4) is 0 Å². The number of nitrogens with one attached hydrogen (secondary N) is 1. The van der Waals surface area contributed by atoms with E-state index < -0.39 is 10.0 Å². The van der Waals surface area contributed by atoms with E-state index in [0.717, 1.165) is 24.4 Å². The Balaban J connectivity index is 1.56. The van der Waals surface area contributed by atoms with Gasteiger partial charge < -0.3 is 4.74 Å². The molecular weight excluding hydrogens is 322 g/mol. The van der Waals surface area contributed by atoms with Crippen molar-refractivity contribution in [3.05, 3.63) is 10.7 Å². The molecule has 2 aliphatic rings. The van der Waals surface area contributed by atoms with E-state index in [9.17, 15) is 8.42 Å². The van der Waals surface area contributed by atoms with Gasteiger partial charge in [-0.1, -0.05) is 22.9 Å². The first-order valence-corrected chi connectivity index (χ1v) is 9.19. The van der Waals surface area contributed by atoms with E-state index >= 15 is 0 Å². The molecule has 3 rings (SSSR count). The lowest BCUT2D eigenvalue weighted by molar-refractivity contribution is -0.0448. The minimum Gasteiger partial charge on any atom is -0.374 e. The molecule has 1 aromatic heterocycles. The van der Waals surface area contributed by atoms with Crippen molar-refractivity contribution in [3.63, 3.8) is 0 Å². The monoisotopic (exact) mass is 337 g/mol. The van der Waals surface area contributed by atoms with Crippen LogP contribution in [0.4, 0.5) is 0 Å².